The van der Waals surface area contributed by atoms with Gasteiger partial charge < -0.3 is 0 Å². The average Bonchev–Trinajstić information content (AvgIpc) is 2.09. The van der Waals surface area contributed by atoms with Crippen LogP contribution in [0.3, 0.4) is 0 Å². The summed E-state index contributed by atoms with van der Waals surface area (Å²) in [5.41, 5.74) is -0.826. The highest BCUT2D eigenvalue weighted by atomic mass is 16.2. The van der Waals surface area contributed by atoms with Crippen molar-refractivity contribution in [2.24, 2.45) is 5.41 Å². The minimum Gasteiger partial charge on any atom is -0.299 e. The van der Waals surface area contributed by atoms with E-state index < -0.39 is 5.41 Å². The maximum Gasteiger partial charge on any atom is 0.147 e. The van der Waals surface area contributed by atoms with Gasteiger partial charge in [0.25, 0.3) is 0 Å². The molecule has 0 aromatic heterocycles. The van der Waals surface area contributed by atoms with E-state index >= 15 is 0 Å². The van der Waals surface area contributed by atoms with Crippen LogP contribution in [0, 0.1) is 17.8 Å². The number of hydrogen-bond acceptors (Lipinski definition) is 2. The molecule has 0 heterocycles. The third-order valence-corrected chi connectivity index (χ3v) is 2.87. The molecule has 70 valence electrons. The zero-order chi connectivity index (χ0) is 9.90. The Bertz CT molecular complexity index is 272. The average molecular weight is 178 g/mol. The smallest absolute Gasteiger partial charge is 0.147 e. The van der Waals surface area contributed by atoms with E-state index in [1.807, 2.05) is 0 Å². The van der Waals surface area contributed by atoms with Gasteiger partial charge in [-0.2, -0.15) is 0 Å². The Morgan fingerprint density at radius 1 is 1.62 bits per heavy atom. The van der Waals surface area contributed by atoms with E-state index in [-0.39, 0.29) is 18.0 Å². The van der Waals surface area contributed by atoms with Crippen molar-refractivity contribution in [3.63, 3.8) is 0 Å². The second kappa shape index (κ2) is 3.74. The fourth-order valence-corrected chi connectivity index (χ4v) is 1.95. The highest BCUT2D eigenvalue weighted by Crippen LogP contribution is 2.36. The Hall–Kier alpha value is -1.10. The Morgan fingerprint density at radius 3 is 2.77 bits per heavy atom. The van der Waals surface area contributed by atoms with Gasteiger partial charge in [0.1, 0.15) is 11.6 Å². The van der Waals surface area contributed by atoms with Gasteiger partial charge in [-0.15, -0.1) is 12.3 Å². The monoisotopic (exact) mass is 178 g/mol. The Balaban J connectivity index is 2.94. The van der Waals surface area contributed by atoms with Gasteiger partial charge in [0, 0.05) is 12.8 Å². The van der Waals surface area contributed by atoms with Crippen LogP contribution in [0.1, 0.15) is 39.0 Å². The molecule has 0 saturated heterocycles. The molecule has 1 atom stereocenters. The normalized spacial score (nSPS) is 28.2. The van der Waals surface area contributed by atoms with Crippen molar-refractivity contribution in [1.29, 1.82) is 0 Å². The largest absolute Gasteiger partial charge is 0.299 e. The molecular formula is C11H14O2. The Labute approximate surface area is 78.7 Å². The molecule has 1 fully saturated rings. The summed E-state index contributed by atoms with van der Waals surface area (Å²) in [6.45, 7) is 1.47. The third-order valence-electron chi connectivity index (χ3n) is 2.87. The Morgan fingerprint density at radius 2 is 2.31 bits per heavy atom. The molecule has 0 bridgehead atoms. The fraction of sp³-hybridized carbons (Fsp3) is 0.636. The standard InChI is InChI=1S/C11H14O2/c1-3-7-11(9(2)12)8-5-4-6-10(11)13/h1H,4-8H2,2H3. The maximum atomic E-state index is 11.6. The first kappa shape index (κ1) is 9.98. The molecular weight excluding hydrogens is 164 g/mol. The van der Waals surface area contributed by atoms with E-state index in [4.69, 9.17) is 6.42 Å². The summed E-state index contributed by atoms with van der Waals surface area (Å²) < 4.78 is 0. The van der Waals surface area contributed by atoms with Gasteiger partial charge in [-0.25, -0.2) is 0 Å². The molecule has 0 aliphatic heterocycles. The number of ketones is 2. The molecule has 1 unspecified atom stereocenters. The van der Waals surface area contributed by atoms with Gasteiger partial charge in [0.05, 0.1) is 5.41 Å². The van der Waals surface area contributed by atoms with E-state index in [1.165, 1.54) is 6.92 Å². The predicted molar refractivity (Wildman–Crippen MR) is 50.0 cm³/mol. The predicted octanol–water partition coefficient (Wildman–Crippen LogP) is 1.73. The van der Waals surface area contributed by atoms with E-state index in [1.54, 1.807) is 0 Å². The lowest BCUT2D eigenvalue weighted by Gasteiger charge is -2.31. The summed E-state index contributed by atoms with van der Waals surface area (Å²) in [5.74, 6) is 2.43. The molecule has 0 spiro atoms. The molecule has 2 nitrogen and oxygen atoms in total. The zero-order valence-electron chi connectivity index (χ0n) is 7.93. The molecule has 1 rings (SSSR count). The summed E-state index contributed by atoms with van der Waals surface area (Å²) in [5, 5.41) is 0. The Kier molecular flexibility index (Phi) is 2.87. The van der Waals surface area contributed by atoms with Crippen LogP contribution >= 0.6 is 0 Å². The van der Waals surface area contributed by atoms with Crippen LogP contribution in [0.5, 0.6) is 0 Å². The van der Waals surface area contributed by atoms with Crippen LogP contribution in [0.15, 0.2) is 0 Å². The summed E-state index contributed by atoms with van der Waals surface area (Å²) in [4.78, 5) is 23.0. The summed E-state index contributed by atoms with van der Waals surface area (Å²) in [6, 6.07) is 0. The molecule has 1 saturated carbocycles. The molecule has 13 heavy (non-hydrogen) atoms. The van der Waals surface area contributed by atoms with Gasteiger partial charge >= 0.3 is 0 Å². The highest BCUT2D eigenvalue weighted by Gasteiger charge is 2.43. The van der Waals surface area contributed by atoms with Crippen LogP contribution < -0.4 is 0 Å². The summed E-state index contributed by atoms with van der Waals surface area (Å²) >= 11 is 0. The van der Waals surface area contributed by atoms with Crippen LogP contribution in [-0.4, -0.2) is 11.6 Å². The summed E-state index contributed by atoms with van der Waals surface area (Å²) in [6.07, 6.45) is 8.47. The number of hydrogen-bond donors (Lipinski definition) is 0. The number of Topliss-reactive ketones (excluding diaryl/α,β-unsaturated/α-hetero) is 2. The third kappa shape index (κ3) is 1.65. The van der Waals surface area contributed by atoms with E-state index in [0.29, 0.717) is 12.8 Å². The molecule has 2 heteroatoms. The van der Waals surface area contributed by atoms with Gasteiger partial charge in [-0.1, -0.05) is 6.42 Å². The summed E-state index contributed by atoms with van der Waals surface area (Å²) in [7, 11) is 0. The van der Waals surface area contributed by atoms with Gasteiger partial charge in [-0.3, -0.25) is 9.59 Å². The number of carbonyl (C=O) groups is 2. The first-order valence-electron chi connectivity index (χ1n) is 4.61. The van der Waals surface area contributed by atoms with Crippen molar-refractivity contribution in [1.82, 2.24) is 0 Å². The molecule has 0 aromatic carbocycles. The van der Waals surface area contributed by atoms with Crippen molar-refractivity contribution in [3.8, 4) is 12.3 Å². The van der Waals surface area contributed by atoms with E-state index in [2.05, 4.69) is 5.92 Å². The van der Waals surface area contributed by atoms with Gasteiger partial charge in [0.15, 0.2) is 0 Å². The molecule has 1 aliphatic carbocycles. The van der Waals surface area contributed by atoms with Gasteiger partial charge in [-0.05, 0) is 19.8 Å². The van der Waals surface area contributed by atoms with Crippen molar-refractivity contribution in [2.45, 2.75) is 39.0 Å². The zero-order valence-corrected chi connectivity index (χ0v) is 7.93. The molecule has 1 aliphatic rings. The van der Waals surface area contributed by atoms with Crippen molar-refractivity contribution >= 4 is 11.6 Å². The van der Waals surface area contributed by atoms with Crippen molar-refractivity contribution in [3.05, 3.63) is 0 Å². The minimum atomic E-state index is -0.826. The van der Waals surface area contributed by atoms with Crippen molar-refractivity contribution in [2.75, 3.05) is 0 Å². The second-order valence-corrected chi connectivity index (χ2v) is 3.65. The number of terminal acetylenes is 1. The van der Waals surface area contributed by atoms with Crippen LogP contribution in [0.2, 0.25) is 0 Å². The first-order chi connectivity index (χ1) is 6.13. The molecule has 0 aromatic rings. The van der Waals surface area contributed by atoms with Crippen molar-refractivity contribution < 1.29 is 9.59 Å². The first-order valence-corrected chi connectivity index (χ1v) is 4.61. The van der Waals surface area contributed by atoms with Gasteiger partial charge in [0.2, 0.25) is 0 Å². The van der Waals surface area contributed by atoms with Crippen LogP contribution in [0.25, 0.3) is 0 Å². The molecule has 0 N–H and O–H groups in total. The maximum absolute atomic E-state index is 11.6. The lowest BCUT2D eigenvalue weighted by Crippen LogP contribution is -2.40. The second-order valence-electron chi connectivity index (χ2n) is 3.65. The van der Waals surface area contributed by atoms with Crippen LogP contribution in [0.4, 0.5) is 0 Å². The fourth-order valence-electron chi connectivity index (χ4n) is 1.95. The highest BCUT2D eigenvalue weighted by molar-refractivity contribution is 6.06. The van der Waals surface area contributed by atoms with Crippen LogP contribution in [-0.2, 0) is 9.59 Å². The molecule has 0 radical (unpaired) electrons. The topological polar surface area (TPSA) is 34.1 Å². The SMILES string of the molecule is C#CCC1(C(C)=O)CCCCC1=O. The number of rotatable bonds is 2. The molecule has 0 amide bonds. The lowest BCUT2D eigenvalue weighted by molar-refractivity contribution is -0.141. The minimum absolute atomic E-state index is 0.0456. The lowest BCUT2D eigenvalue weighted by atomic mass is 9.68. The van der Waals surface area contributed by atoms with E-state index in [0.717, 1.165) is 12.8 Å². The quantitative estimate of drug-likeness (QED) is 0.476. The number of carbonyl (C=O) groups excluding carboxylic acids is 2. The van der Waals surface area contributed by atoms with E-state index in [9.17, 15) is 9.59 Å².